The molecule has 0 amide bonds. The Labute approximate surface area is 120 Å². The first-order valence-corrected chi connectivity index (χ1v) is 7.56. The largest absolute Gasteiger partial charge is 0.496 e. The standard InChI is InChI=1S/C16H24N2O2/c1-19-15-7-6-13(17)10-12(15)11-18-8-9-20-16-5-3-2-4-14(16)18/h6-7,10,14,16H,2-5,8-9,11,17H2,1H3. The summed E-state index contributed by atoms with van der Waals surface area (Å²) in [5, 5.41) is 0. The van der Waals surface area contributed by atoms with Gasteiger partial charge in [0.05, 0.1) is 19.8 Å². The van der Waals surface area contributed by atoms with Gasteiger partial charge in [-0.3, -0.25) is 4.90 Å². The number of methoxy groups -OCH3 is 1. The number of benzene rings is 1. The Bertz CT molecular complexity index is 462. The SMILES string of the molecule is COc1ccc(N)cc1CN1CCOC2CCCCC21. The summed E-state index contributed by atoms with van der Waals surface area (Å²) in [6.07, 6.45) is 5.49. The van der Waals surface area contributed by atoms with Gasteiger partial charge in [0, 0.05) is 30.4 Å². The van der Waals surface area contributed by atoms with Crippen molar-refractivity contribution in [1.82, 2.24) is 4.90 Å². The summed E-state index contributed by atoms with van der Waals surface area (Å²) in [4.78, 5) is 2.55. The van der Waals surface area contributed by atoms with Crippen LogP contribution in [0, 0.1) is 0 Å². The molecule has 4 heteroatoms. The van der Waals surface area contributed by atoms with Crippen molar-refractivity contribution in [3.05, 3.63) is 23.8 Å². The average Bonchev–Trinajstić information content (AvgIpc) is 2.48. The molecule has 1 aromatic rings. The third kappa shape index (κ3) is 2.76. The third-order valence-electron chi connectivity index (χ3n) is 4.53. The molecule has 0 aromatic heterocycles. The fourth-order valence-electron chi connectivity index (χ4n) is 3.51. The third-order valence-corrected chi connectivity index (χ3v) is 4.53. The zero-order chi connectivity index (χ0) is 13.9. The van der Waals surface area contributed by atoms with Crippen molar-refractivity contribution in [1.29, 1.82) is 0 Å². The van der Waals surface area contributed by atoms with Crippen molar-refractivity contribution in [2.45, 2.75) is 44.4 Å². The second kappa shape index (κ2) is 6.02. The van der Waals surface area contributed by atoms with Gasteiger partial charge in [0.2, 0.25) is 0 Å². The van der Waals surface area contributed by atoms with E-state index in [0.29, 0.717) is 12.1 Å². The van der Waals surface area contributed by atoms with Crippen LogP contribution >= 0.6 is 0 Å². The number of rotatable bonds is 3. The number of hydrogen-bond acceptors (Lipinski definition) is 4. The van der Waals surface area contributed by atoms with Crippen LogP contribution in [0.15, 0.2) is 18.2 Å². The van der Waals surface area contributed by atoms with E-state index < -0.39 is 0 Å². The van der Waals surface area contributed by atoms with Crippen LogP contribution in [0.1, 0.15) is 31.2 Å². The molecule has 0 bridgehead atoms. The number of ether oxygens (including phenoxy) is 2. The maximum absolute atomic E-state index is 5.93. The molecule has 1 heterocycles. The van der Waals surface area contributed by atoms with Crippen molar-refractivity contribution in [2.24, 2.45) is 0 Å². The van der Waals surface area contributed by atoms with Crippen LogP contribution in [0.2, 0.25) is 0 Å². The molecule has 2 aliphatic rings. The van der Waals surface area contributed by atoms with Crippen molar-refractivity contribution < 1.29 is 9.47 Å². The number of nitrogens with zero attached hydrogens (tertiary/aromatic N) is 1. The van der Waals surface area contributed by atoms with Crippen LogP contribution in [0.5, 0.6) is 5.75 Å². The van der Waals surface area contributed by atoms with Gasteiger partial charge in [-0.15, -0.1) is 0 Å². The zero-order valence-electron chi connectivity index (χ0n) is 12.2. The number of morpholine rings is 1. The van der Waals surface area contributed by atoms with E-state index in [1.807, 2.05) is 18.2 Å². The molecule has 1 saturated carbocycles. The molecule has 110 valence electrons. The minimum atomic E-state index is 0.421. The fraction of sp³-hybridized carbons (Fsp3) is 0.625. The van der Waals surface area contributed by atoms with Crippen molar-refractivity contribution >= 4 is 5.69 Å². The topological polar surface area (TPSA) is 47.7 Å². The first-order valence-electron chi connectivity index (χ1n) is 7.56. The normalized spacial score (nSPS) is 27.1. The van der Waals surface area contributed by atoms with Gasteiger partial charge in [0.25, 0.3) is 0 Å². The first-order chi connectivity index (χ1) is 9.78. The van der Waals surface area contributed by atoms with Crippen molar-refractivity contribution in [2.75, 3.05) is 26.0 Å². The Balaban J connectivity index is 1.77. The number of anilines is 1. The Morgan fingerprint density at radius 2 is 2.20 bits per heavy atom. The smallest absolute Gasteiger partial charge is 0.123 e. The average molecular weight is 276 g/mol. The lowest BCUT2D eigenvalue weighted by molar-refractivity contribution is -0.0912. The van der Waals surface area contributed by atoms with E-state index >= 15 is 0 Å². The van der Waals surface area contributed by atoms with Crippen LogP contribution in [0.25, 0.3) is 0 Å². The summed E-state index contributed by atoms with van der Waals surface area (Å²) in [5.74, 6) is 0.929. The molecule has 2 atom stereocenters. The Morgan fingerprint density at radius 3 is 3.05 bits per heavy atom. The van der Waals surface area contributed by atoms with E-state index in [-0.39, 0.29) is 0 Å². The molecule has 2 unspecified atom stereocenters. The van der Waals surface area contributed by atoms with E-state index in [1.165, 1.54) is 31.2 Å². The van der Waals surface area contributed by atoms with E-state index in [0.717, 1.165) is 31.1 Å². The summed E-state index contributed by atoms with van der Waals surface area (Å²) in [7, 11) is 1.72. The van der Waals surface area contributed by atoms with Crippen LogP contribution in [-0.4, -0.2) is 37.3 Å². The highest BCUT2D eigenvalue weighted by molar-refractivity contribution is 5.47. The molecule has 20 heavy (non-hydrogen) atoms. The maximum atomic E-state index is 5.93. The van der Waals surface area contributed by atoms with Gasteiger partial charge < -0.3 is 15.2 Å². The number of nitrogens with two attached hydrogens (primary N) is 1. The molecule has 1 aliphatic carbocycles. The van der Waals surface area contributed by atoms with Crippen LogP contribution < -0.4 is 10.5 Å². The zero-order valence-corrected chi connectivity index (χ0v) is 12.2. The quantitative estimate of drug-likeness (QED) is 0.861. The lowest BCUT2D eigenvalue weighted by Crippen LogP contribution is -2.52. The summed E-state index contributed by atoms with van der Waals surface area (Å²) >= 11 is 0. The maximum Gasteiger partial charge on any atom is 0.123 e. The van der Waals surface area contributed by atoms with Crippen LogP contribution in [0.4, 0.5) is 5.69 Å². The van der Waals surface area contributed by atoms with E-state index in [2.05, 4.69) is 4.90 Å². The lowest BCUT2D eigenvalue weighted by Gasteiger charge is -2.44. The molecular weight excluding hydrogens is 252 g/mol. The van der Waals surface area contributed by atoms with Gasteiger partial charge in [-0.25, -0.2) is 0 Å². The number of nitrogen functional groups attached to an aromatic ring is 1. The predicted octanol–water partition coefficient (Wildman–Crippen LogP) is 2.42. The molecule has 1 aromatic carbocycles. The second-order valence-electron chi connectivity index (χ2n) is 5.80. The molecule has 3 rings (SSSR count). The Kier molecular flexibility index (Phi) is 4.13. The highest BCUT2D eigenvalue weighted by Crippen LogP contribution is 2.31. The molecule has 2 N–H and O–H groups in total. The molecule has 1 aliphatic heterocycles. The van der Waals surface area contributed by atoms with Gasteiger partial charge in [-0.2, -0.15) is 0 Å². The molecule has 0 radical (unpaired) electrons. The first kappa shape index (κ1) is 13.7. The summed E-state index contributed by atoms with van der Waals surface area (Å²) in [6, 6.07) is 6.45. The highest BCUT2D eigenvalue weighted by Gasteiger charge is 2.34. The number of hydrogen-bond donors (Lipinski definition) is 1. The molecular formula is C16H24N2O2. The Hall–Kier alpha value is -1.26. The lowest BCUT2D eigenvalue weighted by atomic mass is 9.90. The summed E-state index contributed by atoms with van der Waals surface area (Å²) < 4.78 is 11.4. The van der Waals surface area contributed by atoms with Crippen LogP contribution in [-0.2, 0) is 11.3 Å². The van der Waals surface area contributed by atoms with Gasteiger partial charge in [0.15, 0.2) is 0 Å². The fourth-order valence-corrected chi connectivity index (χ4v) is 3.51. The van der Waals surface area contributed by atoms with Gasteiger partial charge >= 0.3 is 0 Å². The minimum absolute atomic E-state index is 0.421. The predicted molar refractivity (Wildman–Crippen MR) is 79.8 cm³/mol. The van der Waals surface area contributed by atoms with E-state index in [9.17, 15) is 0 Å². The molecule has 4 nitrogen and oxygen atoms in total. The molecule has 2 fully saturated rings. The molecule has 1 saturated heterocycles. The Morgan fingerprint density at radius 1 is 1.35 bits per heavy atom. The van der Waals surface area contributed by atoms with Crippen LogP contribution in [0.3, 0.4) is 0 Å². The summed E-state index contributed by atoms with van der Waals surface area (Å²) in [5.41, 5.74) is 7.90. The summed E-state index contributed by atoms with van der Waals surface area (Å²) in [6.45, 7) is 2.74. The van der Waals surface area contributed by atoms with Crippen molar-refractivity contribution in [3.8, 4) is 5.75 Å². The van der Waals surface area contributed by atoms with Gasteiger partial charge in [0.1, 0.15) is 5.75 Å². The van der Waals surface area contributed by atoms with E-state index in [1.54, 1.807) is 7.11 Å². The van der Waals surface area contributed by atoms with Gasteiger partial charge in [-0.1, -0.05) is 12.8 Å². The van der Waals surface area contributed by atoms with Crippen molar-refractivity contribution in [3.63, 3.8) is 0 Å². The highest BCUT2D eigenvalue weighted by atomic mass is 16.5. The molecule has 0 spiro atoms. The van der Waals surface area contributed by atoms with E-state index in [4.69, 9.17) is 15.2 Å². The monoisotopic (exact) mass is 276 g/mol. The number of fused-ring (bicyclic) bond motifs is 1. The minimum Gasteiger partial charge on any atom is -0.496 e. The van der Waals surface area contributed by atoms with Gasteiger partial charge in [-0.05, 0) is 31.0 Å². The second-order valence-corrected chi connectivity index (χ2v) is 5.80.